The molecule has 0 saturated heterocycles. The van der Waals surface area contributed by atoms with Crippen LogP contribution in [0, 0.1) is 0 Å². The highest BCUT2D eigenvalue weighted by atomic mass is 15.3. The summed E-state index contributed by atoms with van der Waals surface area (Å²) in [7, 11) is 2.16. The lowest BCUT2D eigenvalue weighted by Gasteiger charge is -2.22. The summed E-state index contributed by atoms with van der Waals surface area (Å²) in [4.78, 5) is 7.23. The fraction of sp³-hybridized carbons (Fsp3) is 0.385. The number of benzene rings is 2. The Kier molecular flexibility index (Phi) is 8.87. The molecule has 0 atom stereocenters. The predicted molar refractivity (Wildman–Crippen MR) is 132 cm³/mol. The molecule has 0 fully saturated rings. The molecule has 32 heavy (non-hydrogen) atoms. The summed E-state index contributed by atoms with van der Waals surface area (Å²) in [5.41, 5.74) is 5.08. The molecule has 0 unspecified atom stereocenters. The summed E-state index contributed by atoms with van der Waals surface area (Å²) in [5, 5.41) is 11.2. The van der Waals surface area contributed by atoms with Gasteiger partial charge >= 0.3 is 0 Å². The van der Waals surface area contributed by atoms with Gasteiger partial charge in [0.05, 0.1) is 13.1 Å². The van der Waals surface area contributed by atoms with Crippen molar-refractivity contribution in [3.05, 3.63) is 89.2 Å². The van der Waals surface area contributed by atoms with Crippen molar-refractivity contribution in [1.29, 1.82) is 0 Å². The molecule has 170 valence electrons. The molecule has 0 bridgehead atoms. The lowest BCUT2D eigenvalue weighted by atomic mass is 10.1. The molecule has 2 N–H and O–H groups in total. The van der Waals surface area contributed by atoms with Gasteiger partial charge in [-0.3, -0.25) is 9.58 Å². The van der Waals surface area contributed by atoms with Crippen LogP contribution in [0.3, 0.4) is 0 Å². The normalized spacial score (nSPS) is 11.9. The molecule has 0 radical (unpaired) electrons. The van der Waals surface area contributed by atoms with Crippen molar-refractivity contribution in [3.63, 3.8) is 0 Å². The van der Waals surface area contributed by atoms with Crippen molar-refractivity contribution in [3.8, 4) is 0 Å². The number of hydrogen-bond acceptors (Lipinski definition) is 3. The van der Waals surface area contributed by atoms with E-state index >= 15 is 0 Å². The van der Waals surface area contributed by atoms with E-state index < -0.39 is 0 Å². The number of hydrogen-bond donors (Lipinski definition) is 2. The highest BCUT2D eigenvalue weighted by Gasteiger charge is 2.09. The van der Waals surface area contributed by atoms with Gasteiger partial charge in [0.1, 0.15) is 0 Å². The quantitative estimate of drug-likeness (QED) is 0.375. The maximum atomic E-state index is 4.88. The van der Waals surface area contributed by atoms with Crippen molar-refractivity contribution in [2.24, 2.45) is 4.99 Å². The van der Waals surface area contributed by atoms with E-state index in [0.717, 1.165) is 25.6 Å². The number of guanidine groups is 1. The molecular weight excluding hydrogens is 396 g/mol. The lowest BCUT2D eigenvalue weighted by Crippen LogP contribution is -2.37. The minimum absolute atomic E-state index is 0.507. The first-order valence-electron chi connectivity index (χ1n) is 11.4. The molecule has 3 rings (SSSR count). The number of rotatable bonds is 10. The van der Waals surface area contributed by atoms with Crippen LogP contribution in [0.25, 0.3) is 0 Å². The molecule has 1 heterocycles. The fourth-order valence-electron chi connectivity index (χ4n) is 3.45. The van der Waals surface area contributed by atoms with Gasteiger partial charge in [0.25, 0.3) is 0 Å². The van der Waals surface area contributed by atoms with E-state index in [1.54, 1.807) is 0 Å². The molecule has 0 aliphatic rings. The minimum Gasteiger partial charge on any atom is -0.357 e. The van der Waals surface area contributed by atoms with Gasteiger partial charge < -0.3 is 10.6 Å². The number of nitrogens with zero attached hydrogens (tertiary/aromatic N) is 4. The van der Waals surface area contributed by atoms with Crippen LogP contribution in [0.5, 0.6) is 0 Å². The van der Waals surface area contributed by atoms with E-state index in [9.17, 15) is 0 Å². The molecule has 0 aliphatic carbocycles. The summed E-state index contributed by atoms with van der Waals surface area (Å²) in [5.74, 6) is 0.827. The molecule has 0 spiro atoms. The molecule has 1 aromatic heterocycles. The molecule has 3 aromatic rings. The van der Waals surface area contributed by atoms with Crippen molar-refractivity contribution in [2.75, 3.05) is 13.6 Å². The second kappa shape index (κ2) is 12.1. The van der Waals surface area contributed by atoms with Crippen LogP contribution < -0.4 is 10.6 Å². The second-order valence-corrected chi connectivity index (χ2v) is 8.30. The third-order valence-corrected chi connectivity index (χ3v) is 5.63. The summed E-state index contributed by atoms with van der Waals surface area (Å²) in [6, 6.07) is 19.5. The monoisotopic (exact) mass is 432 g/mol. The van der Waals surface area contributed by atoms with Gasteiger partial charge in [0.15, 0.2) is 5.96 Å². The molecule has 6 heteroatoms. The van der Waals surface area contributed by atoms with Crippen molar-refractivity contribution in [2.45, 2.75) is 53.0 Å². The topological polar surface area (TPSA) is 57.5 Å². The largest absolute Gasteiger partial charge is 0.357 e. The van der Waals surface area contributed by atoms with E-state index in [4.69, 9.17) is 4.99 Å². The smallest absolute Gasteiger partial charge is 0.191 e. The summed E-state index contributed by atoms with van der Waals surface area (Å²) in [6.45, 7) is 10.4. The maximum Gasteiger partial charge on any atom is 0.191 e. The molecule has 0 saturated carbocycles. The van der Waals surface area contributed by atoms with E-state index in [1.807, 2.05) is 23.1 Å². The Hall–Kier alpha value is -3.12. The Balaban J connectivity index is 1.68. The summed E-state index contributed by atoms with van der Waals surface area (Å²) in [6.07, 6.45) is 3.80. The molecular formula is C26H36N6. The maximum absolute atomic E-state index is 4.88. The minimum atomic E-state index is 0.507. The van der Waals surface area contributed by atoms with Crippen molar-refractivity contribution in [1.82, 2.24) is 25.3 Å². The lowest BCUT2D eigenvalue weighted by molar-refractivity contribution is 0.265. The van der Waals surface area contributed by atoms with Crippen molar-refractivity contribution >= 4 is 5.96 Å². The van der Waals surface area contributed by atoms with Gasteiger partial charge in [-0.25, -0.2) is 4.99 Å². The van der Waals surface area contributed by atoms with E-state index in [2.05, 4.69) is 97.0 Å². The Labute approximate surface area is 192 Å². The fourth-order valence-corrected chi connectivity index (χ4v) is 3.45. The van der Waals surface area contributed by atoms with E-state index in [-0.39, 0.29) is 0 Å². The van der Waals surface area contributed by atoms with Crippen LogP contribution in [0.4, 0.5) is 0 Å². The van der Waals surface area contributed by atoms with Gasteiger partial charge in [-0.1, -0.05) is 48.5 Å². The Morgan fingerprint density at radius 1 is 0.969 bits per heavy atom. The Morgan fingerprint density at radius 2 is 1.66 bits per heavy atom. The van der Waals surface area contributed by atoms with Crippen LogP contribution in [-0.4, -0.2) is 40.3 Å². The van der Waals surface area contributed by atoms with Crippen LogP contribution in [0.15, 0.2) is 72.0 Å². The van der Waals surface area contributed by atoms with Crippen LogP contribution in [-0.2, 0) is 26.2 Å². The van der Waals surface area contributed by atoms with Crippen LogP contribution in [0.2, 0.25) is 0 Å². The standard InChI is InChI=1S/C26H36N6/c1-5-27-26(28-17-22-11-6-8-13-24(22)19-31(4)21(2)3)29-18-23-12-7-9-14-25(23)20-32-16-10-15-30-32/h6-16,21H,5,17-20H2,1-4H3,(H2,27,28,29). The van der Waals surface area contributed by atoms with Crippen LogP contribution in [0.1, 0.15) is 43.0 Å². The Bertz CT molecular complexity index is 977. The van der Waals surface area contributed by atoms with E-state index in [0.29, 0.717) is 19.1 Å². The average Bonchev–Trinajstić information content (AvgIpc) is 3.30. The van der Waals surface area contributed by atoms with Crippen LogP contribution >= 0.6 is 0 Å². The zero-order valence-corrected chi connectivity index (χ0v) is 19.8. The first-order valence-corrected chi connectivity index (χ1v) is 11.4. The third-order valence-electron chi connectivity index (χ3n) is 5.63. The van der Waals surface area contributed by atoms with E-state index in [1.165, 1.54) is 22.3 Å². The highest BCUT2D eigenvalue weighted by Crippen LogP contribution is 2.14. The first-order chi connectivity index (χ1) is 15.6. The number of aromatic nitrogens is 2. The predicted octanol–water partition coefficient (Wildman–Crippen LogP) is 4.03. The zero-order chi connectivity index (χ0) is 22.8. The summed E-state index contributed by atoms with van der Waals surface area (Å²) < 4.78 is 1.95. The second-order valence-electron chi connectivity index (χ2n) is 8.30. The SMILES string of the molecule is CCNC(=NCc1ccccc1CN(C)C(C)C)NCc1ccccc1Cn1cccn1. The van der Waals surface area contributed by atoms with Crippen molar-refractivity contribution < 1.29 is 0 Å². The zero-order valence-electron chi connectivity index (χ0n) is 19.8. The first kappa shape index (κ1) is 23.5. The van der Waals surface area contributed by atoms with Gasteiger partial charge in [-0.15, -0.1) is 0 Å². The van der Waals surface area contributed by atoms with Gasteiger partial charge in [-0.2, -0.15) is 5.10 Å². The molecule has 0 amide bonds. The summed E-state index contributed by atoms with van der Waals surface area (Å²) >= 11 is 0. The highest BCUT2D eigenvalue weighted by molar-refractivity contribution is 5.79. The molecule has 0 aliphatic heterocycles. The van der Waals surface area contributed by atoms with Gasteiger partial charge in [0.2, 0.25) is 0 Å². The van der Waals surface area contributed by atoms with Gasteiger partial charge in [-0.05, 0) is 56.1 Å². The number of nitrogens with one attached hydrogen (secondary N) is 2. The molecule has 2 aromatic carbocycles. The third kappa shape index (κ3) is 6.95. The number of aliphatic imine (C=N–C) groups is 1. The van der Waals surface area contributed by atoms with Gasteiger partial charge in [0, 0.05) is 38.1 Å². The Morgan fingerprint density at radius 3 is 2.31 bits per heavy atom. The molecule has 6 nitrogen and oxygen atoms in total. The average molecular weight is 433 g/mol.